The average Bonchev–Trinajstić information content (AvgIpc) is 2.61. The lowest BCUT2D eigenvalue weighted by molar-refractivity contribution is -0.138. The lowest BCUT2D eigenvalue weighted by atomic mass is 9.94. The number of piperazine rings is 1. The first-order valence-corrected chi connectivity index (χ1v) is 10.3. The standard InChI is InChI=1S/C20H38N4O3/c1-20(2,3)16-24-10-7-21-19(26)17(24)15-18(25)22(4)8-5-6-9-23-11-13-27-14-12-23/h17H,5-16H2,1-4H3,(H,21,26). The van der Waals surface area contributed by atoms with E-state index in [9.17, 15) is 9.59 Å². The van der Waals surface area contributed by atoms with Gasteiger partial charge in [-0.1, -0.05) is 20.8 Å². The molecule has 27 heavy (non-hydrogen) atoms. The number of hydrogen-bond donors (Lipinski definition) is 1. The summed E-state index contributed by atoms with van der Waals surface area (Å²) >= 11 is 0. The third-order valence-corrected chi connectivity index (χ3v) is 5.23. The number of nitrogens with one attached hydrogen (secondary N) is 1. The second-order valence-electron chi connectivity index (χ2n) is 9.02. The van der Waals surface area contributed by atoms with E-state index in [1.807, 2.05) is 7.05 Å². The highest BCUT2D eigenvalue weighted by atomic mass is 16.5. The van der Waals surface area contributed by atoms with Gasteiger partial charge in [-0.25, -0.2) is 0 Å². The van der Waals surface area contributed by atoms with Crippen LogP contribution in [-0.4, -0.2) is 98.6 Å². The molecule has 7 heteroatoms. The fourth-order valence-corrected chi connectivity index (χ4v) is 3.74. The van der Waals surface area contributed by atoms with Crippen molar-refractivity contribution >= 4 is 11.8 Å². The monoisotopic (exact) mass is 382 g/mol. The Morgan fingerprint density at radius 3 is 2.59 bits per heavy atom. The van der Waals surface area contributed by atoms with Gasteiger partial charge < -0.3 is 15.0 Å². The number of amides is 2. The number of morpholine rings is 1. The van der Waals surface area contributed by atoms with Gasteiger partial charge in [0.05, 0.1) is 25.7 Å². The topological polar surface area (TPSA) is 65.1 Å². The van der Waals surface area contributed by atoms with Crippen molar-refractivity contribution in [3.05, 3.63) is 0 Å². The largest absolute Gasteiger partial charge is 0.379 e. The van der Waals surface area contributed by atoms with Gasteiger partial charge >= 0.3 is 0 Å². The van der Waals surface area contributed by atoms with Crippen molar-refractivity contribution < 1.29 is 14.3 Å². The van der Waals surface area contributed by atoms with Crippen LogP contribution >= 0.6 is 0 Å². The summed E-state index contributed by atoms with van der Waals surface area (Å²) in [5.41, 5.74) is 0.101. The summed E-state index contributed by atoms with van der Waals surface area (Å²) in [6.07, 6.45) is 2.34. The van der Waals surface area contributed by atoms with Crippen LogP contribution in [-0.2, 0) is 14.3 Å². The van der Waals surface area contributed by atoms with Crippen LogP contribution in [0.3, 0.4) is 0 Å². The summed E-state index contributed by atoms with van der Waals surface area (Å²) in [6.45, 7) is 14.3. The normalized spacial score (nSPS) is 22.5. The molecule has 0 aromatic carbocycles. The van der Waals surface area contributed by atoms with Gasteiger partial charge in [0.1, 0.15) is 0 Å². The molecule has 1 unspecified atom stereocenters. The Balaban J connectivity index is 1.74. The number of carbonyl (C=O) groups excluding carboxylic acids is 2. The fourth-order valence-electron chi connectivity index (χ4n) is 3.74. The summed E-state index contributed by atoms with van der Waals surface area (Å²) < 4.78 is 5.36. The SMILES string of the molecule is CN(CCCCN1CCOCC1)C(=O)CC1C(=O)NCCN1CC(C)(C)C. The molecule has 7 nitrogen and oxygen atoms in total. The highest BCUT2D eigenvalue weighted by Crippen LogP contribution is 2.20. The molecule has 0 radical (unpaired) electrons. The molecular formula is C20H38N4O3. The van der Waals surface area contributed by atoms with Gasteiger partial charge in [-0.3, -0.25) is 19.4 Å². The molecule has 156 valence electrons. The number of nitrogens with zero attached hydrogens (tertiary/aromatic N) is 3. The number of hydrogen-bond acceptors (Lipinski definition) is 5. The second-order valence-corrected chi connectivity index (χ2v) is 9.02. The third-order valence-electron chi connectivity index (χ3n) is 5.23. The van der Waals surface area contributed by atoms with E-state index in [2.05, 4.69) is 35.9 Å². The van der Waals surface area contributed by atoms with E-state index in [-0.39, 0.29) is 29.7 Å². The Morgan fingerprint density at radius 2 is 1.93 bits per heavy atom. The van der Waals surface area contributed by atoms with Gasteiger partial charge in [0.15, 0.2) is 0 Å². The molecule has 0 spiro atoms. The lowest BCUT2D eigenvalue weighted by Gasteiger charge is -2.39. The van der Waals surface area contributed by atoms with Crippen molar-refractivity contribution in [2.45, 2.75) is 46.1 Å². The van der Waals surface area contributed by atoms with Crippen molar-refractivity contribution in [1.82, 2.24) is 20.0 Å². The summed E-state index contributed by atoms with van der Waals surface area (Å²) in [4.78, 5) is 31.4. The van der Waals surface area contributed by atoms with Crippen molar-refractivity contribution in [3.63, 3.8) is 0 Å². The molecule has 2 fully saturated rings. The van der Waals surface area contributed by atoms with E-state index in [0.29, 0.717) is 6.54 Å². The summed E-state index contributed by atoms with van der Waals surface area (Å²) in [5.74, 6) is 0.0434. The van der Waals surface area contributed by atoms with E-state index in [1.165, 1.54) is 0 Å². The summed E-state index contributed by atoms with van der Waals surface area (Å²) in [5, 5.41) is 2.91. The number of rotatable bonds is 8. The van der Waals surface area contributed by atoms with Crippen LogP contribution in [0, 0.1) is 5.41 Å². The van der Waals surface area contributed by atoms with Gasteiger partial charge in [-0.2, -0.15) is 0 Å². The number of ether oxygens (including phenoxy) is 1. The van der Waals surface area contributed by atoms with Crippen LogP contribution in [0.4, 0.5) is 0 Å². The maximum absolute atomic E-state index is 12.7. The van der Waals surface area contributed by atoms with Gasteiger partial charge in [-0.15, -0.1) is 0 Å². The van der Waals surface area contributed by atoms with Gasteiger partial charge in [-0.05, 0) is 24.8 Å². The molecule has 0 aromatic heterocycles. The van der Waals surface area contributed by atoms with Gasteiger partial charge in [0.2, 0.25) is 11.8 Å². The molecule has 2 heterocycles. The molecular weight excluding hydrogens is 344 g/mol. The Bertz CT molecular complexity index is 486. The maximum atomic E-state index is 12.7. The Kier molecular flexibility index (Phi) is 8.51. The predicted octanol–water partition coefficient (Wildman–Crippen LogP) is 0.794. The van der Waals surface area contributed by atoms with Crippen LogP contribution < -0.4 is 5.32 Å². The Hall–Kier alpha value is -1.18. The minimum absolute atomic E-state index is 0.0143. The molecule has 1 atom stereocenters. The van der Waals surface area contributed by atoms with Crippen LogP contribution in [0.15, 0.2) is 0 Å². The summed E-state index contributed by atoms with van der Waals surface area (Å²) in [6, 6.07) is -0.346. The zero-order chi connectivity index (χ0) is 19.9. The lowest BCUT2D eigenvalue weighted by Crippen LogP contribution is -2.58. The van der Waals surface area contributed by atoms with E-state index in [1.54, 1.807) is 4.90 Å². The first-order chi connectivity index (χ1) is 12.8. The van der Waals surface area contributed by atoms with Crippen LogP contribution in [0.2, 0.25) is 0 Å². The van der Waals surface area contributed by atoms with Crippen molar-refractivity contribution in [3.8, 4) is 0 Å². The predicted molar refractivity (Wildman–Crippen MR) is 107 cm³/mol. The van der Waals surface area contributed by atoms with Crippen molar-refractivity contribution in [2.75, 3.05) is 66.1 Å². The van der Waals surface area contributed by atoms with Crippen LogP contribution in [0.5, 0.6) is 0 Å². The van der Waals surface area contributed by atoms with Crippen LogP contribution in [0.25, 0.3) is 0 Å². The molecule has 2 aliphatic heterocycles. The quantitative estimate of drug-likeness (QED) is 0.629. The zero-order valence-electron chi connectivity index (χ0n) is 17.6. The molecule has 0 bridgehead atoms. The molecule has 2 amide bonds. The Labute approximate surface area is 164 Å². The minimum Gasteiger partial charge on any atom is -0.379 e. The number of unbranched alkanes of at least 4 members (excludes halogenated alkanes) is 1. The third kappa shape index (κ3) is 7.76. The fraction of sp³-hybridized carbons (Fsp3) is 0.900. The highest BCUT2D eigenvalue weighted by Gasteiger charge is 2.34. The average molecular weight is 383 g/mol. The van der Waals surface area contributed by atoms with E-state index < -0.39 is 0 Å². The summed E-state index contributed by atoms with van der Waals surface area (Å²) in [7, 11) is 1.85. The smallest absolute Gasteiger partial charge is 0.237 e. The molecule has 2 aliphatic rings. The van der Waals surface area contributed by atoms with Gasteiger partial charge in [0.25, 0.3) is 0 Å². The number of carbonyl (C=O) groups is 2. The zero-order valence-corrected chi connectivity index (χ0v) is 17.6. The molecule has 2 saturated heterocycles. The second kappa shape index (κ2) is 10.4. The first-order valence-electron chi connectivity index (χ1n) is 10.3. The van der Waals surface area contributed by atoms with E-state index in [0.717, 1.165) is 65.3 Å². The molecule has 2 rings (SSSR count). The molecule has 1 N–H and O–H groups in total. The Morgan fingerprint density at radius 1 is 1.22 bits per heavy atom. The van der Waals surface area contributed by atoms with Crippen LogP contribution in [0.1, 0.15) is 40.0 Å². The molecule has 0 saturated carbocycles. The molecule has 0 aliphatic carbocycles. The minimum atomic E-state index is -0.346. The van der Waals surface area contributed by atoms with Crippen molar-refractivity contribution in [1.29, 1.82) is 0 Å². The highest BCUT2D eigenvalue weighted by molar-refractivity contribution is 5.88. The van der Waals surface area contributed by atoms with E-state index >= 15 is 0 Å². The van der Waals surface area contributed by atoms with Gasteiger partial charge in [0, 0.05) is 46.3 Å². The molecule has 0 aromatic rings. The van der Waals surface area contributed by atoms with Crippen molar-refractivity contribution in [2.24, 2.45) is 5.41 Å². The maximum Gasteiger partial charge on any atom is 0.237 e. The first kappa shape index (κ1) is 22.1. The van der Waals surface area contributed by atoms with E-state index in [4.69, 9.17) is 4.74 Å².